The molecule has 1 heterocycles. The first-order valence-electron chi connectivity index (χ1n) is 6.16. The van der Waals surface area contributed by atoms with Gasteiger partial charge in [0.05, 0.1) is 6.61 Å². The number of carbonyl (C=O) groups excluding carboxylic acids is 1. The van der Waals surface area contributed by atoms with Crippen molar-refractivity contribution >= 4 is 21.8 Å². The molecule has 0 aromatic heterocycles. The zero-order valence-corrected chi connectivity index (χ0v) is 11.8. The summed E-state index contributed by atoms with van der Waals surface area (Å²) in [7, 11) is 0. The second-order valence-electron chi connectivity index (χ2n) is 4.34. The summed E-state index contributed by atoms with van der Waals surface area (Å²) in [6.45, 7) is 3.68. The van der Waals surface area contributed by atoms with Gasteiger partial charge in [-0.25, -0.2) is 5.48 Å². The smallest absolute Gasteiger partial charge is 0.274 e. The monoisotopic (exact) mass is 312 g/mol. The van der Waals surface area contributed by atoms with E-state index in [9.17, 15) is 4.79 Å². The second-order valence-corrected chi connectivity index (χ2v) is 5.25. The summed E-state index contributed by atoms with van der Waals surface area (Å²) in [6.07, 6.45) is 2.54. The number of hydrogen-bond donors (Lipinski definition) is 1. The second kappa shape index (κ2) is 6.87. The van der Waals surface area contributed by atoms with Gasteiger partial charge in [0.15, 0.2) is 0 Å². The molecule has 1 aliphatic rings. The number of hydroxylamine groups is 1. The van der Waals surface area contributed by atoms with Gasteiger partial charge in [-0.1, -0.05) is 22.0 Å². The highest BCUT2D eigenvalue weighted by Gasteiger charge is 2.11. The molecule has 1 aromatic carbocycles. The molecule has 5 heteroatoms. The Morgan fingerprint density at radius 2 is 2.17 bits per heavy atom. The highest BCUT2D eigenvalue weighted by molar-refractivity contribution is 9.10. The number of halogens is 1. The third-order valence-electron chi connectivity index (χ3n) is 2.96. The lowest BCUT2D eigenvalue weighted by Crippen LogP contribution is -2.30. The van der Waals surface area contributed by atoms with E-state index >= 15 is 0 Å². The molecule has 4 nitrogen and oxygen atoms in total. The van der Waals surface area contributed by atoms with Gasteiger partial charge in [0.25, 0.3) is 5.91 Å². The quantitative estimate of drug-likeness (QED) is 0.669. The molecule has 1 saturated heterocycles. The van der Waals surface area contributed by atoms with Crippen LogP contribution in [0.3, 0.4) is 0 Å². The van der Waals surface area contributed by atoms with E-state index in [1.54, 1.807) is 12.1 Å². The van der Waals surface area contributed by atoms with E-state index in [1.807, 2.05) is 12.1 Å². The number of rotatable bonds is 5. The summed E-state index contributed by atoms with van der Waals surface area (Å²) in [6, 6.07) is 7.22. The van der Waals surface area contributed by atoms with Crippen molar-refractivity contribution in [3.63, 3.8) is 0 Å². The van der Waals surface area contributed by atoms with Crippen molar-refractivity contribution in [3.8, 4) is 0 Å². The molecule has 1 amide bonds. The van der Waals surface area contributed by atoms with E-state index in [1.165, 1.54) is 12.8 Å². The van der Waals surface area contributed by atoms with Gasteiger partial charge in [-0.2, -0.15) is 0 Å². The molecule has 1 aliphatic heterocycles. The summed E-state index contributed by atoms with van der Waals surface area (Å²) in [5.74, 6) is -0.210. The number of nitrogens with one attached hydrogen (secondary N) is 1. The first-order valence-corrected chi connectivity index (χ1v) is 6.95. The lowest BCUT2D eigenvalue weighted by molar-refractivity contribution is 0.0244. The van der Waals surface area contributed by atoms with Crippen molar-refractivity contribution in [1.29, 1.82) is 0 Å². The topological polar surface area (TPSA) is 41.6 Å². The molecule has 0 atom stereocenters. The molecular weight excluding hydrogens is 296 g/mol. The number of nitrogens with zero attached hydrogens (tertiary/aromatic N) is 1. The average molecular weight is 313 g/mol. The molecular formula is C13H17BrN2O2. The van der Waals surface area contributed by atoms with E-state index < -0.39 is 0 Å². The minimum absolute atomic E-state index is 0.210. The molecule has 1 aromatic rings. The molecule has 0 aliphatic carbocycles. The van der Waals surface area contributed by atoms with Gasteiger partial charge in [0.1, 0.15) is 0 Å². The van der Waals surface area contributed by atoms with Crippen molar-refractivity contribution in [1.82, 2.24) is 10.4 Å². The fourth-order valence-electron chi connectivity index (χ4n) is 1.99. The highest BCUT2D eigenvalue weighted by Crippen LogP contribution is 2.11. The first-order chi connectivity index (χ1) is 8.75. The molecule has 1 N–H and O–H groups in total. The standard InChI is InChI=1S/C13H17BrN2O2/c14-12-5-3-4-11(10-12)13(17)15-18-9-8-16-6-1-2-7-16/h3-5,10H,1-2,6-9H2,(H,15,17). The third kappa shape index (κ3) is 4.08. The third-order valence-corrected chi connectivity index (χ3v) is 3.45. The Hall–Kier alpha value is -0.910. The molecule has 0 bridgehead atoms. The summed E-state index contributed by atoms with van der Waals surface area (Å²) >= 11 is 3.33. The maximum absolute atomic E-state index is 11.7. The maximum atomic E-state index is 11.7. The molecule has 0 spiro atoms. The van der Waals surface area contributed by atoms with Crippen LogP contribution in [0.5, 0.6) is 0 Å². The Balaban J connectivity index is 1.68. The minimum atomic E-state index is -0.210. The first kappa shape index (κ1) is 13.5. The highest BCUT2D eigenvalue weighted by atomic mass is 79.9. The van der Waals surface area contributed by atoms with Crippen molar-refractivity contribution < 1.29 is 9.63 Å². The molecule has 0 radical (unpaired) electrons. The van der Waals surface area contributed by atoms with Crippen LogP contribution in [0, 0.1) is 0 Å². The molecule has 1 fully saturated rings. The number of likely N-dealkylation sites (tertiary alicyclic amines) is 1. The SMILES string of the molecule is O=C(NOCCN1CCCC1)c1cccc(Br)c1. The fourth-order valence-corrected chi connectivity index (χ4v) is 2.39. The Bertz CT molecular complexity index is 406. The maximum Gasteiger partial charge on any atom is 0.274 e. The van der Waals surface area contributed by atoms with Crippen LogP contribution >= 0.6 is 15.9 Å². The molecule has 2 rings (SSSR count). The normalized spacial score (nSPS) is 15.8. The number of hydrogen-bond acceptors (Lipinski definition) is 3. The zero-order valence-electron chi connectivity index (χ0n) is 10.2. The van der Waals surface area contributed by atoms with Crippen LogP contribution in [0.2, 0.25) is 0 Å². The lowest BCUT2D eigenvalue weighted by atomic mass is 10.2. The molecule has 0 unspecified atom stereocenters. The van der Waals surface area contributed by atoms with E-state index in [2.05, 4.69) is 26.3 Å². The van der Waals surface area contributed by atoms with Crippen LogP contribution < -0.4 is 5.48 Å². The van der Waals surface area contributed by atoms with Gasteiger partial charge < -0.3 is 4.90 Å². The van der Waals surface area contributed by atoms with E-state index in [0.29, 0.717) is 12.2 Å². The summed E-state index contributed by atoms with van der Waals surface area (Å²) in [4.78, 5) is 19.3. The predicted octanol–water partition coefficient (Wildman–Crippen LogP) is 2.21. The summed E-state index contributed by atoms with van der Waals surface area (Å²) < 4.78 is 0.882. The van der Waals surface area contributed by atoms with Gasteiger partial charge >= 0.3 is 0 Å². The average Bonchev–Trinajstić information content (AvgIpc) is 2.87. The van der Waals surface area contributed by atoms with Crippen molar-refractivity contribution in [2.75, 3.05) is 26.2 Å². The number of amides is 1. The van der Waals surface area contributed by atoms with Gasteiger partial charge in [0.2, 0.25) is 0 Å². The molecule has 18 heavy (non-hydrogen) atoms. The van der Waals surface area contributed by atoms with Crippen molar-refractivity contribution in [2.45, 2.75) is 12.8 Å². The van der Waals surface area contributed by atoms with Crippen LogP contribution in [-0.4, -0.2) is 37.0 Å². The van der Waals surface area contributed by atoms with Gasteiger partial charge in [0, 0.05) is 16.6 Å². The van der Waals surface area contributed by atoms with E-state index in [0.717, 1.165) is 24.1 Å². The number of carbonyl (C=O) groups is 1. The molecule has 98 valence electrons. The zero-order chi connectivity index (χ0) is 12.8. The van der Waals surface area contributed by atoms with E-state index in [-0.39, 0.29) is 5.91 Å². The lowest BCUT2D eigenvalue weighted by Gasteiger charge is -2.14. The van der Waals surface area contributed by atoms with Crippen molar-refractivity contribution in [3.05, 3.63) is 34.3 Å². The van der Waals surface area contributed by atoms with Crippen LogP contribution in [0.1, 0.15) is 23.2 Å². The Labute approximate surface area is 115 Å². The van der Waals surface area contributed by atoms with Crippen LogP contribution in [0.15, 0.2) is 28.7 Å². The van der Waals surface area contributed by atoms with Crippen molar-refractivity contribution in [2.24, 2.45) is 0 Å². The fraction of sp³-hybridized carbons (Fsp3) is 0.462. The Morgan fingerprint density at radius 1 is 1.39 bits per heavy atom. The Kier molecular flexibility index (Phi) is 5.16. The molecule has 0 saturated carbocycles. The van der Waals surface area contributed by atoms with Gasteiger partial charge in [-0.3, -0.25) is 9.63 Å². The largest absolute Gasteiger partial charge is 0.301 e. The van der Waals surface area contributed by atoms with Gasteiger partial charge in [-0.05, 0) is 44.1 Å². The van der Waals surface area contributed by atoms with Gasteiger partial charge in [-0.15, -0.1) is 0 Å². The van der Waals surface area contributed by atoms with E-state index in [4.69, 9.17) is 4.84 Å². The Morgan fingerprint density at radius 3 is 2.89 bits per heavy atom. The summed E-state index contributed by atoms with van der Waals surface area (Å²) in [5, 5.41) is 0. The van der Waals surface area contributed by atoms with Crippen LogP contribution in [0.25, 0.3) is 0 Å². The minimum Gasteiger partial charge on any atom is -0.301 e. The number of benzene rings is 1. The summed E-state index contributed by atoms with van der Waals surface area (Å²) in [5.41, 5.74) is 3.05. The van der Waals surface area contributed by atoms with Crippen LogP contribution in [0.4, 0.5) is 0 Å². The predicted molar refractivity (Wildman–Crippen MR) is 73.2 cm³/mol. The van der Waals surface area contributed by atoms with Crippen LogP contribution in [-0.2, 0) is 4.84 Å².